The van der Waals surface area contributed by atoms with E-state index in [0.717, 1.165) is 6.07 Å². The number of hydrogen-bond acceptors (Lipinski definition) is 3. The third-order valence-corrected chi connectivity index (χ3v) is 1.66. The summed E-state index contributed by atoms with van der Waals surface area (Å²) in [5, 5.41) is 10.9. The highest BCUT2D eigenvalue weighted by Crippen LogP contribution is 2.11. The molecule has 0 bridgehead atoms. The minimum atomic E-state index is -0.552. The molecule has 4 nitrogen and oxygen atoms in total. The summed E-state index contributed by atoms with van der Waals surface area (Å²) >= 11 is 0. The van der Waals surface area contributed by atoms with Crippen molar-refractivity contribution in [3.63, 3.8) is 0 Å². The van der Waals surface area contributed by atoms with Gasteiger partial charge in [0.05, 0.1) is 12.3 Å². The van der Waals surface area contributed by atoms with Crippen molar-refractivity contribution in [2.24, 2.45) is 0 Å². The molecule has 0 aliphatic carbocycles. The molecule has 4 N–H and O–H groups in total. The van der Waals surface area contributed by atoms with Crippen LogP contribution in [0.25, 0.3) is 0 Å². The molecule has 0 saturated heterocycles. The van der Waals surface area contributed by atoms with Crippen LogP contribution in [0.5, 0.6) is 0 Å². The normalized spacial score (nSPS) is 9.86. The Balaban J connectivity index is 2.76. The number of carbonyl (C=O) groups is 1. The molecule has 0 aliphatic heterocycles. The van der Waals surface area contributed by atoms with Crippen LogP contribution in [-0.2, 0) is 0 Å². The number of rotatable bonds is 3. The molecule has 0 spiro atoms. The van der Waals surface area contributed by atoms with Gasteiger partial charge in [0.15, 0.2) is 0 Å². The van der Waals surface area contributed by atoms with Crippen LogP contribution < -0.4 is 11.1 Å². The highest BCUT2D eigenvalue weighted by atomic mass is 19.1. The predicted octanol–water partition coefficient (Wildman–Crippen LogP) is 0.130. The van der Waals surface area contributed by atoms with Gasteiger partial charge in [-0.1, -0.05) is 0 Å². The largest absolute Gasteiger partial charge is 0.396 e. The van der Waals surface area contributed by atoms with Crippen molar-refractivity contribution in [2.45, 2.75) is 0 Å². The molecule has 1 aromatic rings. The molecule has 5 heteroatoms. The van der Waals surface area contributed by atoms with Crippen molar-refractivity contribution in [1.29, 1.82) is 0 Å². The van der Waals surface area contributed by atoms with Crippen LogP contribution >= 0.6 is 0 Å². The molecule has 1 aromatic carbocycles. The topological polar surface area (TPSA) is 75.4 Å². The standard InChI is InChI=1S/C9H11FN2O2/c10-7-2-1-6(5-8(7)11)9(14)12-3-4-13/h1-2,5,13H,3-4,11H2,(H,12,14). The fourth-order valence-electron chi connectivity index (χ4n) is 0.956. The number of nitrogens with two attached hydrogens (primary N) is 1. The molecule has 14 heavy (non-hydrogen) atoms. The Morgan fingerprint density at radius 1 is 1.57 bits per heavy atom. The Morgan fingerprint density at radius 2 is 2.29 bits per heavy atom. The SMILES string of the molecule is Nc1cc(C(=O)NCCO)ccc1F. The third-order valence-electron chi connectivity index (χ3n) is 1.66. The summed E-state index contributed by atoms with van der Waals surface area (Å²) in [5.41, 5.74) is 5.49. The summed E-state index contributed by atoms with van der Waals surface area (Å²) in [6.07, 6.45) is 0. The molecule has 0 unspecified atom stereocenters. The van der Waals surface area contributed by atoms with E-state index in [4.69, 9.17) is 10.8 Å². The van der Waals surface area contributed by atoms with Crippen LogP contribution in [0.2, 0.25) is 0 Å². The number of anilines is 1. The van der Waals surface area contributed by atoms with Gasteiger partial charge in [-0.15, -0.1) is 0 Å². The highest BCUT2D eigenvalue weighted by Gasteiger charge is 2.06. The summed E-state index contributed by atoms with van der Waals surface area (Å²) in [6.45, 7) is 0.0263. The van der Waals surface area contributed by atoms with Crippen molar-refractivity contribution < 1.29 is 14.3 Å². The number of aliphatic hydroxyl groups excluding tert-OH is 1. The number of halogens is 1. The van der Waals surface area contributed by atoms with Gasteiger partial charge < -0.3 is 16.2 Å². The number of amides is 1. The maximum Gasteiger partial charge on any atom is 0.251 e. The van der Waals surface area contributed by atoms with Gasteiger partial charge in [-0.2, -0.15) is 0 Å². The van der Waals surface area contributed by atoms with Crippen molar-refractivity contribution in [3.8, 4) is 0 Å². The average molecular weight is 198 g/mol. The van der Waals surface area contributed by atoms with Crippen molar-refractivity contribution >= 4 is 11.6 Å². The molecule has 0 radical (unpaired) electrons. The van der Waals surface area contributed by atoms with Crippen LogP contribution in [0.3, 0.4) is 0 Å². The first-order chi connectivity index (χ1) is 6.65. The molecule has 0 aromatic heterocycles. The van der Waals surface area contributed by atoms with Crippen LogP contribution in [0.15, 0.2) is 18.2 Å². The lowest BCUT2D eigenvalue weighted by atomic mass is 10.2. The quantitative estimate of drug-likeness (QED) is 0.604. The molecule has 0 aliphatic rings. The van der Waals surface area contributed by atoms with Crippen LogP contribution in [0.4, 0.5) is 10.1 Å². The van der Waals surface area contributed by atoms with E-state index in [1.54, 1.807) is 0 Å². The van der Waals surface area contributed by atoms with E-state index < -0.39 is 5.82 Å². The molecule has 0 fully saturated rings. The van der Waals surface area contributed by atoms with Gasteiger partial charge in [-0.05, 0) is 18.2 Å². The van der Waals surface area contributed by atoms with Crippen LogP contribution in [-0.4, -0.2) is 24.2 Å². The lowest BCUT2D eigenvalue weighted by molar-refractivity contribution is 0.0945. The summed E-state index contributed by atoms with van der Waals surface area (Å²) < 4.78 is 12.7. The van der Waals surface area contributed by atoms with E-state index in [1.165, 1.54) is 12.1 Å². The Morgan fingerprint density at radius 3 is 2.86 bits per heavy atom. The van der Waals surface area contributed by atoms with Crippen LogP contribution in [0, 0.1) is 5.82 Å². The predicted molar refractivity (Wildman–Crippen MR) is 50.2 cm³/mol. The van der Waals surface area contributed by atoms with E-state index in [9.17, 15) is 9.18 Å². The van der Waals surface area contributed by atoms with Crippen LogP contribution in [0.1, 0.15) is 10.4 Å². The Kier molecular flexibility index (Phi) is 3.41. The molecular weight excluding hydrogens is 187 g/mol. The maximum atomic E-state index is 12.7. The first-order valence-corrected chi connectivity index (χ1v) is 4.09. The lowest BCUT2D eigenvalue weighted by Crippen LogP contribution is -2.26. The van der Waals surface area contributed by atoms with Gasteiger partial charge in [0.25, 0.3) is 5.91 Å². The Labute approximate surface area is 80.5 Å². The molecule has 1 amide bonds. The van der Waals surface area contributed by atoms with Crippen molar-refractivity contribution in [3.05, 3.63) is 29.6 Å². The highest BCUT2D eigenvalue weighted by molar-refractivity contribution is 5.94. The number of nitrogens with one attached hydrogen (secondary N) is 1. The molecular formula is C9H11FN2O2. The summed E-state index contributed by atoms with van der Waals surface area (Å²) in [7, 11) is 0. The monoisotopic (exact) mass is 198 g/mol. The third kappa shape index (κ3) is 2.43. The van der Waals surface area contributed by atoms with Gasteiger partial charge >= 0.3 is 0 Å². The van der Waals surface area contributed by atoms with E-state index >= 15 is 0 Å². The summed E-state index contributed by atoms with van der Waals surface area (Å²) in [5.74, 6) is -0.936. The zero-order chi connectivity index (χ0) is 10.6. The number of aliphatic hydroxyl groups is 1. The molecule has 0 atom stereocenters. The van der Waals surface area contributed by atoms with Gasteiger partial charge in [0.1, 0.15) is 5.82 Å². The first kappa shape index (κ1) is 10.5. The number of carbonyl (C=O) groups excluding carboxylic acids is 1. The lowest BCUT2D eigenvalue weighted by Gasteiger charge is -2.04. The zero-order valence-electron chi connectivity index (χ0n) is 7.46. The average Bonchev–Trinajstić information content (AvgIpc) is 2.18. The van der Waals surface area contributed by atoms with E-state index in [-0.39, 0.29) is 30.3 Å². The van der Waals surface area contributed by atoms with E-state index in [0.29, 0.717) is 0 Å². The van der Waals surface area contributed by atoms with E-state index in [1.807, 2.05) is 0 Å². The Bertz CT molecular complexity index is 342. The van der Waals surface area contributed by atoms with Gasteiger partial charge in [0.2, 0.25) is 0 Å². The number of benzene rings is 1. The molecule has 76 valence electrons. The van der Waals surface area contributed by atoms with Gasteiger partial charge in [-0.25, -0.2) is 4.39 Å². The number of nitrogen functional groups attached to an aromatic ring is 1. The minimum absolute atomic E-state index is 0.0679. The minimum Gasteiger partial charge on any atom is -0.396 e. The summed E-state index contributed by atoms with van der Waals surface area (Å²) in [4.78, 5) is 11.3. The molecule has 0 saturated carbocycles. The molecule has 1 rings (SSSR count). The first-order valence-electron chi connectivity index (χ1n) is 4.09. The fraction of sp³-hybridized carbons (Fsp3) is 0.222. The van der Waals surface area contributed by atoms with Gasteiger partial charge in [-0.3, -0.25) is 4.79 Å². The smallest absolute Gasteiger partial charge is 0.251 e. The number of hydrogen-bond donors (Lipinski definition) is 3. The van der Waals surface area contributed by atoms with Crippen molar-refractivity contribution in [2.75, 3.05) is 18.9 Å². The Hall–Kier alpha value is -1.62. The van der Waals surface area contributed by atoms with E-state index in [2.05, 4.69) is 5.32 Å². The zero-order valence-corrected chi connectivity index (χ0v) is 7.46. The molecule has 0 heterocycles. The second-order valence-corrected chi connectivity index (χ2v) is 2.72. The fourth-order valence-corrected chi connectivity index (χ4v) is 0.956. The van der Waals surface area contributed by atoms with Gasteiger partial charge in [0, 0.05) is 12.1 Å². The van der Waals surface area contributed by atoms with Crippen molar-refractivity contribution in [1.82, 2.24) is 5.32 Å². The maximum absolute atomic E-state index is 12.7. The summed E-state index contributed by atoms with van der Waals surface area (Å²) in [6, 6.07) is 3.71. The second-order valence-electron chi connectivity index (χ2n) is 2.72. The second kappa shape index (κ2) is 4.57.